The summed E-state index contributed by atoms with van der Waals surface area (Å²) in [5.41, 5.74) is 6.06. The molecule has 3 heteroatoms. The number of hydrogen-bond acceptors (Lipinski definition) is 2. The molecule has 3 rings (SSSR count). The molecule has 2 aromatic carbocycles. The van der Waals surface area contributed by atoms with Gasteiger partial charge in [-0.1, -0.05) is 36.4 Å². The third kappa shape index (κ3) is 3.14. The van der Waals surface area contributed by atoms with Crippen molar-refractivity contribution in [2.45, 2.75) is 26.8 Å². The zero-order valence-corrected chi connectivity index (χ0v) is 13.2. The van der Waals surface area contributed by atoms with Crippen LogP contribution in [0.15, 0.2) is 42.5 Å². The molecule has 0 spiro atoms. The number of nitrogens with one attached hydrogen (secondary N) is 1. The molecule has 1 amide bonds. The zero-order chi connectivity index (χ0) is 15.5. The van der Waals surface area contributed by atoms with Gasteiger partial charge in [-0.05, 0) is 48.6 Å². The average molecular weight is 294 g/mol. The van der Waals surface area contributed by atoms with Crippen LogP contribution in [-0.2, 0) is 17.8 Å². The highest BCUT2D eigenvalue weighted by molar-refractivity contribution is 5.81. The lowest BCUT2D eigenvalue weighted by Crippen LogP contribution is -2.39. The lowest BCUT2D eigenvalue weighted by molar-refractivity contribution is -0.130. The Balaban J connectivity index is 1.62. The van der Waals surface area contributed by atoms with E-state index >= 15 is 0 Å². The van der Waals surface area contributed by atoms with E-state index in [9.17, 15) is 4.79 Å². The molecule has 0 saturated heterocycles. The van der Waals surface area contributed by atoms with Crippen LogP contribution in [0.1, 0.15) is 22.3 Å². The van der Waals surface area contributed by atoms with Crippen molar-refractivity contribution in [1.29, 1.82) is 0 Å². The number of benzene rings is 2. The van der Waals surface area contributed by atoms with E-state index in [2.05, 4.69) is 55.6 Å². The summed E-state index contributed by atoms with van der Waals surface area (Å²) in [6, 6.07) is 14.6. The van der Waals surface area contributed by atoms with E-state index in [-0.39, 0.29) is 5.91 Å². The number of anilines is 1. The summed E-state index contributed by atoms with van der Waals surface area (Å²) in [6.45, 7) is 6.01. The number of rotatable bonds is 3. The number of amides is 1. The minimum absolute atomic E-state index is 0.162. The number of nitrogens with zero attached hydrogens (tertiary/aromatic N) is 1. The van der Waals surface area contributed by atoms with Gasteiger partial charge in [0.05, 0.1) is 6.54 Å². The molecular formula is C19H22N2O. The van der Waals surface area contributed by atoms with Gasteiger partial charge < -0.3 is 10.2 Å². The summed E-state index contributed by atoms with van der Waals surface area (Å²) in [5, 5.41) is 3.28. The molecule has 0 aromatic heterocycles. The Morgan fingerprint density at radius 2 is 1.91 bits per heavy atom. The fourth-order valence-corrected chi connectivity index (χ4v) is 2.92. The number of hydrogen-bond donors (Lipinski definition) is 1. The van der Waals surface area contributed by atoms with Gasteiger partial charge in [0.2, 0.25) is 5.91 Å². The maximum atomic E-state index is 12.4. The first kappa shape index (κ1) is 14.6. The molecule has 0 saturated carbocycles. The van der Waals surface area contributed by atoms with Crippen molar-refractivity contribution in [3.63, 3.8) is 0 Å². The van der Waals surface area contributed by atoms with E-state index in [1.165, 1.54) is 22.3 Å². The SMILES string of the molecule is Cc1ccc(C)c(NCC(=O)N2CCc3ccccc3C2)c1. The molecule has 0 atom stereocenters. The quantitative estimate of drug-likeness (QED) is 0.942. The topological polar surface area (TPSA) is 32.3 Å². The maximum Gasteiger partial charge on any atom is 0.242 e. The largest absolute Gasteiger partial charge is 0.376 e. The molecule has 0 aliphatic carbocycles. The van der Waals surface area contributed by atoms with Crippen molar-refractivity contribution in [2.75, 3.05) is 18.4 Å². The second-order valence-corrected chi connectivity index (χ2v) is 6.01. The van der Waals surface area contributed by atoms with E-state index in [0.717, 1.165) is 25.2 Å². The summed E-state index contributed by atoms with van der Waals surface area (Å²) in [6.07, 6.45) is 0.950. The molecular weight excluding hydrogens is 272 g/mol. The molecule has 0 unspecified atom stereocenters. The molecule has 22 heavy (non-hydrogen) atoms. The Hall–Kier alpha value is -2.29. The van der Waals surface area contributed by atoms with Crippen molar-refractivity contribution in [1.82, 2.24) is 4.90 Å². The van der Waals surface area contributed by atoms with E-state index in [1.807, 2.05) is 11.0 Å². The van der Waals surface area contributed by atoms with Crippen molar-refractivity contribution < 1.29 is 4.79 Å². The van der Waals surface area contributed by atoms with Crippen LogP contribution >= 0.6 is 0 Å². The highest BCUT2D eigenvalue weighted by atomic mass is 16.2. The Morgan fingerprint density at radius 3 is 2.73 bits per heavy atom. The lowest BCUT2D eigenvalue weighted by Gasteiger charge is -2.29. The van der Waals surface area contributed by atoms with E-state index in [0.29, 0.717) is 6.54 Å². The van der Waals surface area contributed by atoms with Gasteiger partial charge in [-0.3, -0.25) is 4.79 Å². The number of carbonyl (C=O) groups is 1. The highest BCUT2D eigenvalue weighted by Crippen LogP contribution is 2.19. The van der Waals surface area contributed by atoms with Crippen LogP contribution in [0.25, 0.3) is 0 Å². The van der Waals surface area contributed by atoms with Crippen LogP contribution < -0.4 is 5.32 Å². The average Bonchev–Trinajstić information content (AvgIpc) is 2.55. The standard InChI is InChI=1S/C19H22N2O/c1-14-7-8-15(2)18(11-14)20-12-19(22)21-10-9-16-5-3-4-6-17(16)13-21/h3-8,11,20H,9-10,12-13H2,1-2H3. The minimum Gasteiger partial charge on any atom is -0.376 e. The third-order valence-electron chi connectivity index (χ3n) is 4.31. The molecule has 0 fully saturated rings. The molecule has 0 radical (unpaired) electrons. The zero-order valence-electron chi connectivity index (χ0n) is 13.2. The third-order valence-corrected chi connectivity index (χ3v) is 4.31. The van der Waals surface area contributed by atoms with Gasteiger partial charge in [0.25, 0.3) is 0 Å². The fraction of sp³-hybridized carbons (Fsp3) is 0.316. The van der Waals surface area contributed by atoms with Crippen molar-refractivity contribution in [3.05, 3.63) is 64.7 Å². The highest BCUT2D eigenvalue weighted by Gasteiger charge is 2.19. The Labute approximate surface area is 132 Å². The van der Waals surface area contributed by atoms with Gasteiger partial charge in [-0.25, -0.2) is 0 Å². The van der Waals surface area contributed by atoms with E-state index in [1.54, 1.807) is 0 Å². The Bertz CT molecular complexity index is 694. The van der Waals surface area contributed by atoms with Gasteiger partial charge in [0, 0.05) is 18.8 Å². The molecule has 1 aliphatic rings. The first-order valence-electron chi connectivity index (χ1n) is 7.79. The van der Waals surface area contributed by atoms with Crippen molar-refractivity contribution in [3.8, 4) is 0 Å². The molecule has 0 bridgehead atoms. The monoisotopic (exact) mass is 294 g/mol. The Morgan fingerprint density at radius 1 is 1.14 bits per heavy atom. The van der Waals surface area contributed by atoms with Crippen molar-refractivity contribution in [2.24, 2.45) is 0 Å². The molecule has 3 nitrogen and oxygen atoms in total. The summed E-state index contributed by atoms with van der Waals surface area (Å²) in [4.78, 5) is 14.4. The minimum atomic E-state index is 0.162. The number of aryl methyl sites for hydroxylation is 2. The van der Waals surface area contributed by atoms with E-state index in [4.69, 9.17) is 0 Å². The van der Waals surface area contributed by atoms with Crippen molar-refractivity contribution >= 4 is 11.6 Å². The first-order valence-corrected chi connectivity index (χ1v) is 7.79. The second kappa shape index (κ2) is 6.22. The lowest BCUT2D eigenvalue weighted by atomic mass is 10.00. The number of carbonyl (C=O) groups excluding carboxylic acids is 1. The van der Waals surface area contributed by atoms with Crippen LogP contribution in [0.3, 0.4) is 0 Å². The normalized spacial score (nSPS) is 13.6. The Kier molecular flexibility index (Phi) is 4.14. The summed E-state index contributed by atoms with van der Waals surface area (Å²) in [5.74, 6) is 0.162. The van der Waals surface area contributed by atoms with Gasteiger partial charge >= 0.3 is 0 Å². The summed E-state index contributed by atoms with van der Waals surface area (Å²) in [7, 11) is 0. The van der Waals surface area contributed by atoms with Crippen LogP contribution in [-0.4, -0.2) is 23.9 Å². The molecule has 1 heterocycles. The smallest absolute Gasteiger partial charge is 0.242 e. The van der Waals surface area contributed by atoms with Gasteiger partial charge in [-0.15, -0.1) is 0 Å². The summed E-state index contributed by atoms with van der Waals surface area (Å²) >= 11 is 0. The molecule has 2 aromatic rings. The fourth-order valence-electron chi connectivity index (χ4n) is 2.92. The van der Waals surface area contributed by atoms with Crippen LogP contribution in [0, 0.1) is 13.8 Å². The number of fused-ring (bicyclic) bond motifs is 1. The van der Waals surface area contributed by atoms with Gasteiger partial charge in [-0.2, -0.15) is 0 Å². The molecule has 1 aliphatic heterocycles. The first-order chi connectivity index (χ1) is 10.6. The maximum absolute atomic E-state index is 12.4. The van der Waals surface area contributed by atoms with Crippen LogP contribution in [0.2, 0.25) is 0 Å². The second-order valence-electron chi connectivity index (χ2n) is 6.01. The van der Waals surface area contributed by atoms with Gasteiger partial charge in [0.1, 0.15) is 0 Å². The van der Waals surface area contributed by atoms with E-state index < -0.39 is 0 Å². The van der Waals surface area contributed by atoms with Crippen LogP contribution in [0.4, 0.5) is 5.69 Å². The molecule has 1 N–H and O–H groups in total. The summed E-state index contributed by atoms with van der Waals surface area (Å²) < 4.78 is 0. The predicted octanol–water partition coefficient (Wildman–Crippen LogP) is 3.30. The predicted molar refractivity (Wildman–Crippen MR) is 90.0 cm³/mol. The van der Waals surface area contributed by atoms with Gasteiger partial charge in [0.15, 0.2) is 0 Å². The molecule has 114 valence electrons. The van der Waals surface area contributed by atoms with Crippen LogP contribution in [0.5, 0.6) is 0 Å².